The monoisotopic (exact) mass is 411 g/mol. The number of benzene rings is 1. The third-order valence-corrected chi connectivity index (χ3v) is 4.74. The number of halogens is 4. The van der Waals surface area contributed by atoms with Crippen molar-refractivity contribution in [3.05, 3.63) is 40.2 Å². The Bertz CT molecular complexity index is 717. The second-order valence-corrected chi connectivity index (χ2v) is 6.64. The van der Waals surface area contributed by atoms with Gasteiger partial charge in [0.25, 0.3) is 0 Å². The highest BCUT2D eigenvalue weighted by Gasteiger charge is 2.20. The predicted molar refractivity (Wildman–Crippen MR) is 105 cm³/mol. The van der Waals surface area contributed by atoms with Crippen LogP contribution in [0.3, 0.4) is 0 Å². The van der Waals surface area contributed by atoms with Crippen LogP contribution in [0, 0.1) is 0 Å². The van der Waals surface area contributed by atoms with Crippen molar-refractivity contribution in [1.82, 2.24) is 14.9 Å². The average molecular weight is 413 g/mol. The fraction of sp³-hybridized carbons (Fsp3) is 0.438. The first-order chi connectivity index (χ1) is 10.5. The molecule has 0 bridgehead atoms. The largest absolute Gasteiger partial charge is 0.391 e. The Labute approximate surface area is 164 Å². The predicted octanol–water partition coefficient (Wildman–Crippen LogP) is 4.25. The summed E-state index contributed by atoms with van der Waals surface area (Å²) in [5.74, 6) is 0. The first kappa shape index (κ1) is 21.6. The third-order valence-electron chi connectivity index (χ3n) is 4.02. The summed E-state index contributed by atoms with van der Waals surface area (Å²) >= 11 is 12.1. The molecule has 1 aromatic heterocycles. The highest BCUT2D eigenvalue weighted by molar-refractivity contribution is 6.42. The Morgan fingerprint density at radius 3 is 2.79 bits per heavy atom. The molecule has 0 saturated carbocycles. The molecule has 134 valence electrons. The van der Waals surface area contributed by atoms with Gasteiger partial charge in [-0.05, 0) is 38.4 Å². The summed E-state index contributed by atoms with van der Waals surface area (Å²) in [6.07, 6.45) is 5.46. The van der Waals surface area contributed by atoms with E-state index >= 15 is 0 Å². The van der Waals surface area contributed by atoms with Gasteiger partial charge in [-0.2, -0.15) is 0 Å². The lowest BCUT2D eigenvalue weighted by Gasteiger charge is -2.27. The summed E-state index contributed by atoms with van der Waals surface area (Å²) in [4.78, 5) is 4.36. The Balaban J connectivity index is 0.00000144. The second kappa shape index (κ2) is 9.27. The number of aliphatic hydroxyl groups excluding tert-OH is 1. The normalized spacial score (nSPS) is 21.2. The van der Waals surface area contributed by atoms with Crippen molar-refractivity contribution in [2.24, 2.45) is 0 Å². The van der Waals surface area contributed by atoms with Gasteiger partial charge in [0.2, 0.25) is 0 Å². The van der Waals surface area contributed by atoms with E-state index in [9.17, 15) is 5.11 Å². The van der Waals surface area contributed by atoms with Gasteiger partial charge in [0.05, 0.1) is 39.6 Å². The maximum atomic E-state index is 10.0. The van der Waals surface area contributed by atoms with Crippen molar-refractivity contribution in [2.45, 2.75) is 38.5 Å². The number of nitrogens with zero attached hydrogens (tertiary/aromatic N) is 2. The molecule has 4 nitrogen and oxygen atoms in total. The molecule has 0 amide bonds. The molecule has 1 aliphatic rings. The molecule has 3 rings (SSSR count). The first-order valence-corrected chi connectivity index (χ1v) is 8.19. The van der Waals surface area contributed by atoms with Gasteiger partial charge in [-0.25, -0.2) is 4.98 Å². The highest BCUT2D eigenvalue weighted by atomic mass is 35.5. The van der Waals surface area contributed by atoms with Crippen molar-refractivity contribution in [3.8, 4) is 0 Å². The smallest absolute Gasteiger partial charge is 0.0961 e. The molecule has 1 aromatic carbocycles. The molecule has 2 N–H and O–H groups in total. The third kappa shape index (κ3) is 4.78. The van der Waals surface area contributed by atoms with Gasteiger partial charge in [-0.15, -0.1) is 24.8 Å². The van der Waals surface area contributed by atoms with Gasteiger partial charge in [-0.1, -0.05) is 34.9 Å². The summed E-state index contributed by atoms with van der Waals surface area (Å²) in [7, 11) is 0. The van der Waals surface area contributed by atoms with Crippen LogP contribution < -0.4 is 5.32 Å². The minimum Gasteiger partial charge on any atom is -0.391 e. The molecule has 1 aliphatic heterocycles. The number of fused-ring (bicyclic) bond motifs is 1. The van der Waals surface area contributed by atoms with E-state index in [-0.39, 0.29) is 37.0 Å². The van der Waals surface area contributed by atoms with E-state index < -0.39 is 0 Å². The summed E-state index contributed by atoms with van der Waals surface area (Å²) in [5, 5.41) is 14.4. The first-order valence-electron chi connectivity index (χ1n) is 7.43. The Hall–Kier alpha value is -0.490. The van der Waals surface area contributed by atoms with Crippen LogP contribution in [0.1, 0.15) is 19.8 Å². The van der Waals surface area contributed by atoms with Crippen LogP contribution in [0.25, 0.3) is 11.0 Å². The van der Waals surface area contributed by atoms with Crippen LogP contribution in [-0.4, -0.2) is 33.3 Å². The fourth-order valence-electron chi connectivity index (χ4n) is 2.87. The lowest BCUT2D eigenvalue weighted by atomic mass is 9.99. The Morgan fingerprint density at radius 1 is 1.38 bits per heavy atom. The molecule has 2 aromatic rings. The number of aromatic nitrogens is 2. The lowest BCUT2D eigenvalue weighted by molar-refractivity contribution is 0.115. The van der Waals surface area contributed by atoms with Crippen LogP contribution in [0.2, 0.25) is 10.0 Å². The zero-order valence-corrected chi connectivity index (χ0v) is 16.4. The average Bonchev–Trinajstić information content (AvgIpc) is 2.84. The molecule has 2 heterocycles. The van der Waals surface area contributed by atoms with Gasteiger partial charge in [0.1, 0.15) is 0 Å². The number of piperidine rings is 1. The molecule has 0 radical (unpaired) electrons. The van der Waals surface area contributed by atoms with E-state index in [1.807, 2.05) is 10.6 Å². The maximum absolute atomic E-state index is 10.0. The van der Waals surface area contributed by atoms with E-state index in [1.165, 1.54) is 5.57 Å². The van der Waals surface area contributed by atoms with Crippen molar-refractivity contribution in [3.63, 3.8) is 0 Å². The van der Waals surface area contributed by atoms with Crippen molar-refractivity contribution in [1.29, 1.82) is 0 Å². The molecule has 1 fully saturated rings. The van der Waals surface area contributed by atoms with E-state index in [0.29, 0.717) is 16.6 Å². The number of nitrogens with one attached hydrogen (secondary N) is 1. The Kier molecular flexibility index (Phi) is 8.33. The quantitative estimate of drug-likeness (QED) is 0.741. The summed E-state index contributed by atoms with van der Waals surface area (Å²) in [6, 6.07) is 3.65. The zero-order chi connectivity index (χ0) is 15.7. The van der Waals surface area contributed by atoms with Gasteiger partial charge < -0.3 is 15.0 Å². The number of hydrogen-bond acceptors (Lipinski definition) is 3. The molecule has 0 aliphatic carbocycles. The van der Waals surface area contributed by atoms with Crippen LogP contribution in [0.5, 0.6) is 0 Å². The van der Waals surface area contributed by atoms with Gasteiger partial charge in [0, 0.05) is 6.54 Å². The van der Waals surface area contributed by atoms with Gasteiger partial charge in [0.15, 0.2) is 0 Å². The van der Waals surface area contributed by atoms with Crippen molar-refractivity contribution < 1.29 is 5.11 Å². The standard InChI is InChI=1S/C16H19Cl2N3O.2ClH/c1-10(5-14-16(22)3-2-4-19-14)8-21-9-20-13-6-11(17)12(18)7-15(13)21;;/h5-7,9,14,16,19,22H,2-4,8H2,1H3;2*1H/b10-5+;;/t14-,16+;;/m1../s1. The molecule has 24 heavy (non-hydrogen) atoms. The molecular formula is C16H21Cl4N3O. The Morgan fingerprint density at radius 2 is 2.08 bits per heavy atom. The fourth-order valence-corrected chi connectivity index (χ4v) is 3.19. The molecule has 0 spiro atoms. The topological polar surface area (TPSA) is 50.1 Å². The molecular weight excluding hydrogens is 392 g/mol. The van der Waals surface area contributed by atoms with Crippen LogP contribution in [0.4, 0.5) is 0 Å². The lowest BCUT2D eigenvalue weighted by Crippen LogP contribution is -2.43. The van der Waals surface area contributed by atoms with Crippen molar-refractivity contribution in [2.75, 3.05) is 6.54 Å². The van der Waals surface area contributed by atoms with E-state index in [2.05, 4.69) is 23.3 Å². The van der Waals surface area contributed by atoms with Crippen LogP contribution >= 0.6 is 48.0 Å². The van der Waals surface area contributed by atoms with Crippen LogP contribution in [-0.2, 0) is 6.54 Å². The summed E-state index contributed by atoms with van der Waals surface area (Å²) < 4.78 is 2.04. The number of aliphatic hydroxyl groups is 1. The molecule has 0 unspecified atom stereocenters. The molecule has 1 saturated heterocycles. The van der Waals surface area contributed by atoms with Gasteiger partial charge in [-0.3, -0.25) is 0 Å². The minimum atomic E-state index is -0.309. The SMILES string of the molecule is C/C(=C\[C@H]1NCCC[C@@H]1O)Cn1cnc2cc(Cl)c(Cl)cc21.Cl.Cl. The zero-order valence-electron chi connectivity index (χ0n) is 13.2. The van der Waals surface area contributed by atoms with Gasteiger partial charge >= 0.3 is 0 Å². The van der Waals surface area contributed by atoms with E-state index in [1.54, 1.807) is 12.4 Å². The minimum absolute atomic E-state index is 0. The highest BCUT2D eigenvalue weighted by Crippen LogP contribution is 2.27. The van der Waals surface area contributed by atoms with Crippen molar-refractivity contribution >= 4 is 59.0 Å². The maximum Gasteiger partial charge on any atom is 0.0961 e. The number of hydrogen-bond donors (Lipinski definition) is 2. The number of rotatable bonds is 3. The van der Waals surface area contributed by atoms with E-state index in [4.69, 9.17) is 23.2 Å². The number of imidazole rings is 1. The molecule has 8 heteroatoms. The number of allylic oxidation sites excluding steroid dienone is 1. The molecule has 2 atom stereocenters. The van der Waals surface area contributed by atoms with E-state index in [0.717, 1.165) is 30.4 Å². The summed E-state index contributed by atoms with van der Waals surface area (Å²) in [5.41, 5.74) is 2.96. The summed E-state index contributed by atoms with van der Waals surface area (Å²) in [6.45, 7) is 3.72. The second-order valence-electron chi connectivity index (χ2n) is 5.83. The van der Waals surface area contributed by atoms with Crippen LogP contribution in [0.15, 0.2) is 30.1 Å².